The number of nitrogens with one attached hydrogen (secondary N) is 2. The van der Waals surface area contributed by atoms with Gasteiger partial charge in [0.05, 0.1) is 17.2 Å². The third-order valence-electron chi connectivity index (χ3n) is 4.23. The fraction of sp³-hybridized carbons (Fsp3) is 0.0455. The number of para-hydroxylation sites is 2. The van der Waals surface area contributed by atoms with Gasteiger partial charge in [-0.2, -0.15) is 5.10 Å². The standard InChI is InChI=1S/C22H17FN4OS/c23-18-6-2-1-5-17(18)13-24-27-21(28)16-11-9-15(10-12-16)14-29-22-25-19-7-3-4-8-20(19)26-22/h1-13H,14H2,(H,25,26)(H,27,28). The van der Waals surface area contributed by atoms with Gasteiger partial charge in [0.1, 0.15) is 5.82 Å². The predicted octanol–water partition coefficient (Wildman–Crippen LogP) is 4.76. The zero-order chi connectivity index (χ0) is 20.1. The Bertz CT molecular complexity index is 1140. The fourth-order valence-electron chi connectivity index (χ4n) is 2.71. The summed E-state index contributed by atoms with van der Waals surface area (Å²) in [5, 5.41) is 4.67. The van der Waals surface area contributed by atoms with Gasteiger partial charge in [-0.15, -0.1) is 0 Å². The van der Waals surface area contributed by atoms with Crippen LogP contribution in [0.15, 0.2) is 83.1 Å². The van der Waals surface area contributed by atoms with Crippen LogP contribution in [0.4, 0.5) is 4.39 Å². The molecule has 1 amide bonds. The van der Waals surface area contributed by atoms with E-state index in [-0.39, 0.29) is 5.91 Å². The molecule has 2 N–H and O–H groups in total. The van der Waals surface area contributed by atoms with Crippen molar-refractivity contribution in [2.45, 2.75) is 10.9 Å². The van der Waals surface area contributed by atoms with Gasteiger partial charge in [0.15, 0.2) is 5.16 Å². The van der Waals surface area contributed by atoms with Gasteiger partial charge in [-0.25, -0.2) is 14.8 Å². The van der Waals surface area contributed by atoms with Gasteiger partial charge in [-0.1, -0.05) is 54.2 Å². The summed E-state index contributed by atoms with van der Waals surface area (Å²) < 4.78 is 13.5. The van der Waals surface area contributed by atoms with Crippen LogP contribution in [0.25, 0.3) is 11.0 Å². The molecule has 29 heavy (non-hydrogen) atoms. The minimum atomic E-state index is -0.392. The summed E-state index contributed by atoms with van der Waals surface area (Å²) in [7, 11) is 0. The monoisotopic (exact) mass is 404 g/mol. The van der Waals surface area contributed by atoms with Crippen molar-refractivity contribution in [2.24, 2.45) is 5.10 Å². The molecule has 0 bridgehead atoms. The third-order valence-corrected chi connectivity index (χ3v) is 5.18. The number of nitrogens with zero attached hydrogens (tertiary/aromatic N) is 2. The van der Waals surface area contributed by atoms with E-state index in [0.717, 1.165) is 27.5 Å². The first kappa shape index (κ1) is 18.9. The van der Waals surface area contributed by atoms with E-state index in [2.05, 4.69) is 20.5 Å². The van der Waals surface area contributed by atoms with Gasteiger partial charge in [-0.3, -0.25) is 4.79 Å². The molecule has 7 heteroatoms. The number of halogens is 1. The molecule has 4 aromatic rings. The molecular formula is C22H17FN4OS. The number of fused-ring (bicyclic) bond motifs is 1. The van der Waals surface area contributed by atoms with Crippen molar-refractivity contribution in [1.82, 2.24) is 15.4 Å². The van der Waals surface area contributed by atoms with Crippen LogP contribution in [-0.2, 0) is 5.75 Å². The van der Waals surface area contributed by atoms with Gasteiger partial charge in [-0.05, 0) is 35.9 Å². The lowest BCUT2D eigenvalue weighted by Gasteiger charge is -2.03. The van der Waals surface area contributed by atoms with Gasteiger partial charge in [0.2, 0.25) is 0 Å². The van der Waals surface area contributed by atoms with E-state index < -0.39 is 5.82 Å². The second-order valence-electron chi connectivity index (χ2n) is 6.27. The van der Waals surface area contributed by atoms with Crippen LogP contribution in [-0.4, -0.2) is 22.1 Å². The number of imidazole rings is 1. The first-order valence-electron chi connectivity index (χ1n) is 8.93. The summed E-state index contributed by atoms with van der Waals surface area (Å²) in [6, 6.07) is 21.4. The van der Waals surface area contributed by atoms with Crippen LogP contribution in [0.5, 0.6) is 0 Å². The number of amides is 1. The average Bonchev–Trinajstić information content (AvgIpc) is 3.17. The highest BCUT2D eigenvalue weighted by molar-refractivity contribution is 7.98. The molecule has 5 nitrogen and oxygen atoms in total. The molecule has 0 radical (unpaired) electrons. The zero-order valence-corrected chi connectivity index (χ0v) is 16.1. The first-order valence-corrected chi connectivity index (χ1v) is 9.92. The molecule has 0 aliphatic heterocycles. The van der Waals surface area contributed by atoms with E-state index >= 15 is 0 Å². The summed E-state index contributed by atoms with van der Waals surface area (Å²) in [6.07, 6.45) is 1.28. The summed E-state index contributed by atoms with van der Waals surface area (Å²) >= 11 is 1.60. The van der Waals surface area contributed by atoms with E-state index in [0.29, 0.717) is 11.1 Å². The first-order chi connectivity index (χ1) is 14.2. The molecule has 0 unspecified atom stereocenters. The van der Waals surface area contributed by atoms with E-state index in [9.17, 15) is 9.18 Å². The summed E-state index contributed by atoms with van der Waals surface area (Å²) in [6.45, 7) is 0. The van der Waals surface area contributed by atoms with E-state index in [1.165, 1.54) is 12.3 Å². The Morgan fingerprint density at radius 1 is 1.07 bits per heavy atom. The van der Waals surface area contributed by atoms with Crippen LogP contribution >= 0.6 is 11.8 Å². The van der Waals surface area contributed by atoms with E-state index in [1.54, 1.807) is 42.1 Å². The number of hydrazone groups is 1. The molecular weight excluding hydrogens is 387 g/mol. The molecule has 0 spiro atoms. The van der Waals surface area contributed by atoms with E-state index in [1.807, 2.05) is 36.4 Å². The lowest BCUT2D eigenvalue weighted by molar-refractivity contribution is 0.0955. The van der Waals surface area contributed by atoms with Crippen molar-refractivity contribution >= 4 is 34.9 Å². The number of carbonyl (C=O) groups excluding carboxylic acids is 1. The number of hydrogen-bond acceptors (Lipinski definition) is 4. The van der Waals surface area contributed by atoms with Gasteiger partial charge >= 0.3 is 0 Å². The van der Waals surface area contributed by atoms with Gasteiger partial charge in [0.25, 0.3) is 5.91 Å². The van der Waals surface area contributed by atoms with Crippen molar-refractivity contribution < 1.29 is 9.18 Å². The predicted molar refractivity (Wildman–Crippen MR) is 114 cm³/mol. The smallest absolute Gasteiger partial charge is 0.271 e. The van der Waals surface area contributed by atoms with Gasteiger partial charge < -0.3 is 4.98 Å². The minimum absolute atomic E-state index is 0.311. The number of hydrogen-bond donors (Lipinski definition) is 2. The fourth-order valence-corrected chi connectivity index (χ4v) is 3.55. The molecule has 144 valence electrons. The number of rotatable bonds is 6. The number of aromatic amines is 1. The maximum absolute atomic E-state index is 13.5. The van der Waals surface area contributed by atoms with Gasteiger partial charge in [0, 0.05) is 16.9 Å². The molecule has 1 heterocycles. The molecule has 0 fully saturated rings. The number of aromatic nitrogens is 2. The van der Waals surface area contributed by atoms with Crippen molar-refractivity contribution in [3.63, 3.8) is 0 Å². The highest BCUT2D eigenvalue weighted by Gasteiger charge is 2.06. The Morgan fingerprint density at radius 3 is 2.62 bits per heavy atom. The third kappa shape index (κ3) is 4.70. The number of benzene rings is 3. The second kappa shape index (κ2) is 8.70. The number of carbonyl (C=O) groups is 1. The van der Waals surface area contributed by atoms with Crippen LogP contribution in [0.1, 0.15) is 21.5 Å². The normalized spacial score (nSPS) is 11.2. The summed E-state index contributed by atoms with van der Waals surface area (Å²) in [4.78, 5) is 20.0. The maximum atomic E-state index is 13.5. The zero-order valence-electron chi connectivity index (χ0n) is 15.3. The Labute approximate surface area is 171 Å². The Kier molecular flexibility index (Phi) is 5.67. The maximum Gasteiger partial charge on any atom is 0.271 e. The van der Waals surface area contributed by atoms with Crippen LogP contribution in [0.3, 0.4) is 0 Å². The molecule has 0 aliphatic carbocycles. The largest absolute Gasteiger partial charge is 0.333 e. The summed E-state index contributed by atoms with van der Waals surface area (Å²) in [5.74, 6) is -0.0152. The van der Waals surface area contributed by atoms with E-state index in [4.69, 9.17) is 0 Å². The minimum Gasteiger partial charge on any atom is -0.333 e. The summed E-state index contributed by atoms with van der Waals surface area (Å²) in [5.41, 5.74) is 6.23. The molecule has 0 atom stereocenters. The topological polar surface area (TPSA) is 70.1 Å². The molecule has 0 saturated heterocycles. The van der Waals surface area contributed by atoms with Crippen LogP contribution < -0.4 is 5.43 Å². The number of H-pyrrole nitrogens is 1. The lowest BCUT2D eigenvalue weighted by atomic mass is 10.1. The van der Waals surface area contributed by atoms with Crippen molar-refractivity contribution in [2.75, 3.05) is 0 Å². The molecule has 0 saturated carbocycles. The van der Waals surface area contributed by atoms with Crippen LogP contribution in [0.2, 0.25) is 0 Å². The van der Waals surface area contributed by atoms with Crippen molar-refractivity contribution in [3.8, 4) is 0 Å². The quantitative estimate of drug-likeness (QED) is 0.277. The van der Waals surface area contributed by atoms with Crippen LogP contribution in [0, 0.1) is 5.82 Å². The Balaban J connectivity index is 1.33. The average molecular weight is 404 g/mol. The highest BCUT2D eigenvalue weighted by Crippen LogP contribution is 2.23. The molecule has 1 aromatic heterocycles. The number of thioether (sulfide) groups is 1. The lowest BCUT2D eigenvalue weighted by Crippen LogP contribution is -2.17. The molecule has 4 rings (SSSR count). The SMILES string of the molecule is O=C(NN=Cc1ccccc1F)c1ccc(CSc2nc3ccccc3[nH]2)cc1. The highest BCUT2D eigenvalue weighted by atomic mass is 32.2. The Hall–Kier alpha value is -3.45. The Morgan fingerprint density at radius 2 is 1.83 bits per heavy atom. The molecule has 3 aromatic carbocycles. The second-order valence-corrected chi connectivity index (χ2v) is 7.23. The van der Waals surface area contributed by atoms with Crippen molar-refractivity contribution in [1.29, 1.82) is 0 Å². The van der Waals surface area contributed by atoms with Crippen molar-refractivity contribution in [3.05, 3.63) is 95.3 Å². The molecule has 0 aliphatic rings.